The Morgan fingerprint density at radius 3 is 2.71 bits per heavy atom. The van der Waals surface area contributed by atoms with Crippen LogP contribution in [0.1, 0.15) is 34.8 Å². The van der Waals surface area contributed by atoms with Crippen molar-refractivity contribution in [3.63, 3.8) is 0 Å². The summed E-state index contributed by atoms with van der Waals surface area (Å²) in [6.45, 7) is 2.58. The highest BCUT2D eigenvalue weighted by atomic mass is 35.5. The van der Waals surface area contributed by atoms with E-state index in [1.54, 1.807) is 16.7 Å². The molecule has 6 nitrogen and oxygen atoms in total. The van der Waals surface area contributed by atoms with Crippen molar-refractivity contribution in [1.29, 1.82) is 0 Å². The number of carbonyl (C=O) groups excluding carboxylic acids is 1. The van der Waals surface area contributed by atoms with E-state index in [-0.39, 0.29) is 17.8 Å². The number of aromatic amines is 1. The van der Waals surface area contributed by atoms with E-state index in [9.17, 15) is 4.79 Å². The van der Waals surface area contributed by atoms with Gasteiger partial charge in [-0.1, -0.05) is 23.2 Å². The standard InChI is InChI=1S/C19H18Cl2N4O2S/c1-9-14-12(24-17-15(14)13(28-3)6-11(20)16(17)21)4-5-25(9)19(26)18-22-7-10(27-2)8-23-18/h6-9,24H,4-5H2,1-3H3/t9-/m0/s1. The van der Waals surface area contributed by atoms with E-state index in [0.717, 1.165) is 27.1 Å². The highest BCUT2D eigenvalue weighted by molar-refractivity contribution is 7.98. The number of carbonyl (C=O) groups is 1. The van der Waals surface area contributed by atoms with Crippen molar-refractivity contribution in [1.82, 2.24) is 19.9 Å². The summed E-state index contributed by atoms with van der Waals surface area (Å²) in [5.74, 6) is 0.460. The smallest absolute Gasteiger partial charge is 0.292 e. The van der Waals surface area contributed by atoms with Gasteiger partial charge in [-0.25, -0.2) is 9.97 Å². The molecule has 0 saturated carbocycles. The van der Waals surface area contributed by atoms with Gasteiger partial charge in [-0.05, 0) is 19.2 Å². The first-order valence-corrected chi connectivity index (χ1v) is 10.7. The summed E-state index contributed by atoms with van der Waals surface area (Å²) in [4.78, 5) is 27.6. The molecule has 1 aliphatic rings. The first-order valence-electron chi connectivity index (χ1n) is 8.69. The Kier molecular flexibility index (Phi) is 5.16. The highest BCUT2D eigenvalue weighted by Crippen LogP contribution is 2.44. The van der Waals surface area contributed by atoms with Crippen LogP contribution in [0.5, 0.6) is 5.75 Å². The van der Waals surface area contributed by atoms with Crippen molar-refractivity contribution < 1.29 is 9.53 Å². The second kappa shape index (κ2) is 7.46. The molecule has 0 unspecified atom stereocenters. The van der Waals surface area contributed by atoms with Crippen LogP contribution in [0.4, 0.5) is 0 Å². The van der Waals surface area contributed by atoms with Gasteiger partial charge in [0.05, 0.1) is 41.1 Å². The van der Waals surface area contributed by atoms with Crippen LogP contribution in [-0.2, 0) is 6.42 Å². The van der Waals surface area contributed by atoms with Gasteiger partial charge in [0, 0.05) is 34.5 Å². The maximum atomic E-state index is 13.1. The molecule has 1 aromatic carbocycles. The van der Waals surface area contributed by atoms with Crippen LogP contribution in [0.15, 0.2) is 23.4 Å². The minimum absolute atomic E-state index is 0.154. The summed E-state index contributed by atoms with van der Waals surface area (Å²) >= 11 is 14.4. The molecule has 1 aliphatic heterocycles. The van der Waals surface area contributed by atoms with Gasteiger partial charge in [0.2, 0.25) is 5.82 Å². The number of H-pyrrole nitrogens is 1. The van der Waals surface area contributed by atoms with Gasteiger partial charge in [-0.2, -0.15) is 0 Å². The molecule has 3 aromatic rings. The lowest BCUT2D eigenvalue weighted by Crippen LogP contribution is -2.39. The zero-order valence-corrected chi connectivity index (χ0v) is 17.9. The third-order valence-electron chi connectivity index (χ3n) is 5.08. The van der Waals surface area contributed by atoms with Gasteiger partial charge in [-0.15, -0.1) is 11.8 Å². The number of nitrogens with one attached hydrogen (secondary N) is 1. The number of rotatable bonds is 3. The topological polar surface area (TPSA) is 71.1 Å². The fourth-order valence-corrected chi connectivity index (χ4v) is 4.81. The molecule has 0 saturated heterocycles. The molecule has 3 heterocycles. The lowest BCUT2D eigenvalue weighted by atomic mass is 9.96. The van der Waals surface area contributed by atoms with Crippen LogP contribution in [0.3, 0.4) is 0 Å². The molecule has 0 fully saturated rings. The molecule has 0 aliphatic carbocycles. The van der Waals surface area contributed by atoms with E-state index >= 15 is 0 Å². The molecule has 0 radical (unpaired) electrons. The zero-order chi connectivity index (χ0) is 20.0. The average molecular weight is 437 g/mol. The van der Waals surface area contributed by atoms with Gasteiger partial charge in [-0.3, -0.25) is 4.79 Å². The lowest BCUT2D eigenvalue weighted by molar-refractivity contribution is 0.0665. The quantitative estimate of drug-likeness (QED) is 0.599. The summed E-state index contributed by atoms with van der Waals surface area (Å²) in [5.41, 5.74) is 2.98. The number of fused-ring (bicyclic) bond motifs is 3. The first-order chi connectivity index (χ1) is 13.5. The maximum Gasteiger partial charge on any atom is 0.292 e. The molecular weight excluding hydrogens is 419 g/mol. The number of benzene rings is 1. The normalized spacial score (nSPS) is 16.3. The number of nitrogens with zero attached hydrogens (tertiary/aromatic N) is 3. The molecule has 1 N–H and O–H groups in total. The van der Waals surface area contributed by atoms with Crippen LogP contribution < -0.4 is 4.74 Å². The van der Waals surface area contributed by atoms with Crippen molar-refractivity contribution in [2.45, 2.75) is 24.3 Å². The van der Waals surface area contributed by atoms with E-state index in [2.05, 4.69) is 15.0 Å². The SMILES string of the molecule is COc1cnc(C(=O)N2CCc3[nH]c4c(Cl)c(Cl)cc(SC)c4c3[C@@H]2C)nc1. The van der Waals surface area contributed by atoms with Gasteiger partial charge in [0.25, 0.3) is 5.91 Å². The number of hydrogen-bond donors (Lipinski definition) is 1. The Hall–Kier alpha value is -1.96. The minimum atomic E-state index is -0.207. The Labute approximate surface area is 176 Å². The lowest BCUT2D eigenvalue weighted by Gasteiger charge is -2.33. The summed E-state index contributed by atoms with van der Waals surface area (Å²) in [6, 6.07) is 1.73. The molecule has 9 heteroatoms. The molecule has 28 heavy (non-hydrogen) atoms. The summed E-state index contributed by atoms with van der Waals surface area (Å²) < 4.78 is 5.07. The predicted molar refractivity (Wildman–Crippen MR) is 112 cm³/mol. The molecule has 0 bridgehead atoms. The second-order valence-corrected chi connectivity index (χ2v) is 8.15. The molecule has 2 aromatic heterocycles. The van der Waals surface area contributed by atoms with Crippen LogP contribution in [0, 0.1) is 0 Å². The minimum Gasteiger partial charge on any atom is -0.494 e. The summed E-state index contributed by atoms with van der Waals surface area (Å²) in [7, 11) is 1.53. The molecule has 1 amide bonds. The Morgan fingerprint density at radius 1 is 1.36 bits per heavy atom. The van der Waals surface area contributed by atoms with E-state index in [4.69, 9.17) is 27.9 Å². The van der Waals surface area contributed by atoms with E-state index < -0.39 is 0 Å². The Bertz CT molecular complexity index is 1070. The molecular formula is C19H18Cl2N4O2S. The molecule has 4 rings (SSSR count). The monoisotopic (exact) mass is 436 g/mol. The van der Waals surface area contributed by atoms with Crippen molar-refractivity contribution in [3.8, 4) is 5.75 Å². The third-order valence-corrected chi connectivity index (χ3v) is 6.63. The van der Waals surface area contributed by atoms with Crippen molar-refractivity contribution in [3.05, 3.63) is 45.6 Å². The van der Waals surface area contributed by atoms with E-state index in [0.29, 0.717) is 28.8 Å². The zero-order valence-electron chi connectivity index (χ0n) is 15.5. The molecule has 1 atom stereocenters. The molecule has 146 valence electrons. The number of thioether (sulfide) groups is 1. The van der Waals surface area contributed by atoms with Crippen molar-refractivity contribution >= 4 is 51.8 Å². The first kappa shape index (κ1) is 19.4. The Morgan fingerprint density at radius 2 is 2.07 bits per heavy atom. The number of ether oxygens (including phenoxy) is 1. The largest absolute Gasteiger partial charge is 0.494 e. The predicted octanol–water partition coefficient (Wildman–Crippen LogP) is 4.75. The fourth-order valence-electron chi connectivity index (χ4n) is 3.70. The van der Waals surface area contributed by atoms with E-state index in [1.165, 1.54) is 19.5 Å². The fraction of sp³-hybridized carbons (Fsp3) is 0.316. The van der Waals surface area contributed by atoms with Crippen LogP contribution in [0.25, 0.3) is 10.9 Å². The van der Waals surface area contributed by atoms with Gasteiger partial charge in [0.1, 0.15) is 0 Å². The molecule has 0 spiro atoms. The number of amides is 1. The summed E-state index contributed by atoms with van der Waals surface area (Å²) in [5, 5.41) is 2.05. The van der Waals surface area contributed by atoms with Gasteiger partial charge in [0.15, 0.2) is 5.75 Å². The Balaban J connectivity index is 1.78. The van der Waals surface area contributed by atoms with Crippen LogP contribution in [0.2, 0.25) is 10.0 Å². The average Bonchev–Trinajstić information content (AvgIpc) is 3.11. The number of halogens is 2. The second-order valence-electron chi connectivity index (χ2n) is 6.51. The number of hydrogen-bond acceptors (Lipinski definition) is 5. The highest BCUT2D eigenvalue weighted by Gasteiger charge is 2.33. The number of methoxy groups -OCH3 is 1. The summed E-state index contributed by atoms with van der Waals surface area (Å²) in [6.07, 6.45) is 5.69. The maximum absolute atomic E-state index is 13.1. The van der Waals surface area contributed by atoms with Crippen molar-refractivity contribution in [2.75, 3.05) is 19.9 Å². The van der Waals surface area contributed by atoms with Crippen LogP contribution in [-0.4, -0.2) is 45.7 Å². The van der Waals surface area contributed by atoms with Gasteiger partial charge >= 0.3 is 0 Å². The van der Waals surface area contributed by atoms with Gasteiger partial charge < -0.3 is 14.6 Å². The van der Waals surface area contributed by atoms with E-state index in [1.807, 2.05) is 19.2 Å². The van der Waals surface area contributed by atoms with Crippen molar-refractivity contribution in [2.24, 2.45) is 0 Å². The number of aromatic nitrogens is 3. The van der Waals surface area contributed by atoms with Crippen LogP contribution >= 0.6 is 35.0 Å². The third kappa shape index (κ3) is 3.02.